The molecule has 0 bridgehead atoms. The van der Waals surface area contributed by atoms with Crippen LogP contribution in [-0.4, -0.2) is 61.4 Å². The van der Waals surface area contributed by atoms with Crippen molar-refractivity contribution in [3.8, 4) is 0 Å². The van der Waals surface area contributed by atoms with Gasteiger partial charge in [0.05, 0.1) is 12.7 Å². The molecule has 0 spiro atoms. The van der Waals surface area contributed by atoms with Crippen molar-refractivity contribution >= 4 is 0 Å². The molecule has 6 nitrogen and oxygen atoms in total. The van der Waals surface area contributed by atoms with Gasteiger partial charge >= 0.3 is 0 Å². The van der Waals surface area contributed by atoms with E-state index in [1.54, 1.807) is 6.92 Å². The Hall–Kier alpha value is -0.240. The number of hydrogen-bond acceptors (Lipinski definition) is 6. The third kappa shape index (κ3) is 3.65. The smallest absolute Gasteiger partial charge is 0.210 e. The minimum atomic E-state index is -0.954. The minimum absolute atomic E-state index is 0.226. The number of hydrogen-bond donors (Lipinski definition) is 2. The van der Waals surface area contributed by atoms with Crippen molar-refractivity contribution in [3.05, 3.63) is 0 Å². The second-order valence-corrected chi connectivity index (χ2v) is 4.98. The molecule has 0 aliphatic carbocycles. The molecule has 1 rings (SSSR count). The molecule has 1 unspecified atom stereocenters. The highest BCUT2D eigenvalue weighted by atomic mass is 16.8. The molecule has 1 aliphatic heterocycles. The Bertz CT molecular complexity index is 258. The first-order valence-corrected chi connectivity index (χ1v) is 6.71. The first-order valence-electron chi connectivity index (χ1n) is 6.71. The molecule has 0 amide bonds. The highest BCUT2D eigenvalue weighted by Crippen LogP contribution is 2.36. The van der Waals surface area contributed by atoms with E-state index in [0.29, 0.717) is 6.42 Å². The van der Waals surface area contributed by atoms with E-state index < -0.39 is 30.4 Å². The molecule has 1 saturated heterocycles. The van der Waals surface area contributed by atoms with Crippen molar-refractivity contribution in [2.75, 3.05) is 20.8 Å². The van der Waals surface area contributed by atoms with Gasteiger partial charge in [-0.3, -0.25) is 0 Å². The molecule has 114 valence electrons. The molecule has 1 aliphatic rings. The number of rotatable bonds is 8. The summed E-state index contributed by atoms with van der Waals surface area (Å²) >= 11 is 0. The molecule has 0 aromatic carbocycles. The van der Waals surface area contributed by atoms with Crippen molar-refractivity contribution in [2.24, 2.45) is 0 Å². The van der Waals surface area contributed by atoms with Gasteiger partial charge in [0.2, 0.25) is 12.6 Å². The Morgan fingerprint density at radius 2 is 1.95 bits per heavy atom. The van der Waals surface area contributed by atoms with E-state index in [1.807, 2.05) is 0 Å². The van der Waals surface area contributed by atoms with Gasteiger partial charge in [0.25, 0.3) is 0 Å². The van der Waals surface area contributed by atoms with Gasteiger partial charge in [-0.2, -0.15) is 0 Å². The third-order valence-corrected chi connectivity index (χ3v) is 3.65. The van der Waals surface area contributed by atoms with Crippen LogP contribution in [0.15, 0.2) is 0 Å². The first-order chi connectivity index (χ1) is 9.03. The van der Waals surface area contributed by atoms with Crippen LogP contribution in [0.3, 0.4) is 0 Å². The molecule has 1 fully saturated rings. The monoisotopic (exact) mass is 278 g/mol. The second-order valence-electron chi connectivity index (χ2n) is 4.98. The number of aliphatic hydroxyl groups excluding tert-OH is 2. The van der Waals surface area contributed by atoms with Crippen LogP contribution in [0.4, 0.5) is 0 Å². The van der Waals surface area contributed by atoms with E-state index in [1.165, 1.54) is 14.2 Å². The van der Waals surface area contributed by atoms with Crippen LogP contribution in [0.2, 0.25) is 0 Å². The fourth-order valence-corrected chi connectivity index (χ4v) is 2.29. The van der Waals surface area contributed by atoms with Crippen LogP contribution in [0.25, 0.3) is 0 Å². The number of methoxy groups -OCH3 is 2. The zero-order valence-electron chi connectivity index (χ0n) is 12.2. The Morgan fingerprint density at radius 1 is 1.32 bits per heavy atom. The molecule has 0 aromatic heterocycles. The summed E-state index contributed by atoms with van der Waals surface area (Å²) in [6.07, 6.45) is -0.269. The summed E-state index contributed by atoms with van der Waals surface area (Å²) in [4.78, 5) is 0. The molecule has 1 heterocycles. The third-order valence-electron chi connectivity index (χ3n) is 3.65. The van der Waals surface area contributed by atoms with Gasteiger partial charge < -0.3 is 29.2 Å². The van der Waals surface area contributed by atoms with E-state index in [2.05, 4.69) is 6.92 Å². The molecule has 0 saturated carbocycles. The Balaban J connectivity index is 2.75. The normalized spacial score (nSPS) is 33.0. The molecule has 0 radical (unpaired) electrons. The molecule has 0 aromatic rings. The summed E-state index contributed by atoms with van der Waals surface area (Å²) < 4.78 is 21.6. The van der Waals surface area contributed by atoms with Crippen LogP contribution in [0.5, 0.6) is 0 Å². The average molecular weight is 278 g/mol. The molecular weight excluding hydrogens is 252 g/mol. The van der Waals surface area contributed by atoms with Crippen LogP contribution in [-0.2, 0) is 18.9 Å². The van der Waals surface area contributed by atoms with Crippen molar-refractivity contribution < 1.29 is 29.2 Å². The second kappa shape index (κ2) is 7.52. The van der Waals surface area contributed by atoms with Gasteiger partial charge in [-0.25, -0.2) is 0 Å². The van der Waals surface area contributed by atoms with Crippen molar-refractivity contribution in [2.45, 2.75) is 63.5 Å². The molecule has 4 atom stereocenters. The van der Waals surface area contributed by atoms with Crippen LogP contribution in [0, 0.1) is 0 Å². The Morgan fingerprint density at radius 3 is 2.42 bits per heavy atom. The van der Waals surface area contributed by atoms with E-state index in [9.17, 15) is 10.2 Å². The quantitative estimate of drug-likeness (QED) is 0.635. The summed E-state index contributed by atoms with van der Waals surface area (Å²) in [6.45, 7) is 3.58. The lowest BCUT2D eigenvalue weighted by Gasteiger charge is -2.32. The lowest BCUT2D eigenvalue weighted by molar-refractivity contribution is -0.250. The zero-order valence-corrected chi connectivity index (χ0v) is 12.2. The van der Waals surface area contributed by atoms with Crippen LogP contribution in [0.1, 0.15) is 33.1 Å². The maximum Gasteiger partial charge on any atom is 0.210 e. The summed E-state index contributed by atoms with van der Waals surface area (Å²) in [7, 11) is 2.97. The van der Waals surface area contributed by atoms with E-state index in [-0.39, 0.29) is 6.61 Å². The zero-order chi connectivity index (χ0) is 14.5. The number of ether oxygens (including phenoxy) is 4. The van der Waals surface area contributed by atoms with Gasteiger partial charge in [0, 0.05) is 14.2 Å². The summed E-state index contributed by atoms with van der Waals surface area (Å²) in [6, 6.07) is 0. The predicted molar refractivity (Wildman–Crippen MR) is 68.6 cm³/mol. The Labute approximate surface area is 114 Å². The van der Waals surface area contributed by atoms with Gasteiger partial charge in [0.1, 0.15) is 11.7 Å². The topological polar surface area (TPSA) is 77.4 Å². The standard InChI is InChI=1S/C13H26O6/c1-5-6-7-9(15)13(2)10(8-14)18-12(19-13)11(16-3)17-4/h9-12,14-15H,5-8H2,1-4H3/t9-,10-,12?,13+/m0/s1. The number of unbranched alkanes of at least 4 members (excludes halogenated alkanes) is 1. The molecule has 6 heteroatoms. The van der Waals surface area contributed by atoms with E-state index >= 15 is 0 Å². The van der Waals surface area contributed by atoms with E-state index in [4.69, 9.17) is 18.9 Å². The van der Waals surface area contributed by atoms with Crippen molar-refractivity contribution in [1.29, 1.82) is 0 Å². The summed E-state index contributed by atoms with van der Waals surface area (Å²) in [5, 5.41) is 19.7. The van der Waals surface area contributed by atoms with Crippen molar-refractivity contribution in [1.82, 2.24) is 0 Å². The number of aliphatic hydroxyl groups is 2. The van der Waals surface area contributed by atoms with E-state index in [0.717, 1.165) is 12.8 Å². The lowest BCUT2D eigenvalue weighted by atomic mass is 9.89. The lowest BCUT2D eigenvalue weighted by Crippen LogP contribution is -2.49. The Kier molecular flexibility index (Phi) is 6.65. The largest absolute Gasteiger partial charge is 0.394 e. The average Bonchev–Trinajstić information content (AvgIpc) is 2.75. The summed E-state index contributed by atoms with van der Waals surface area (Å²) in [5.41, 5.74) is -0.954. The van der Waals surface area contributed by atoms with Gasteiger partial charge in [-0.05, 0) is 13.3 Å². The maximum atomic E-state index is 10.3. The maximum absolute atomic E-state index is 10.3. The van der Waals surface area contributed by atoms with Crippen LogP contribution < -0.4 is 0 Å². The van der Waals surface area contributed by atoms with Gasteiger partial charge in [0.15, 0.2) is 0 Å². The van der Waals surface area contributed by atoms with Gasteiger partial charge in [-0.1, -0.05) is 19.8 Å². The molecular formula is C13H26O6. The fraction of sp³-hybridized carbons (Fsp3) is 1.00. The minimum Gasteiger partial charge on any atom is -0.394 e. The van der Waals surface area contributed by atoms with Gasteiger partial charge in [-0.15, -0.1) is 0 Å². The highest BCUT2D eigenvalue weighted by Gasteiger charge is 2.52. The fourth-order valence-electron chi connectivity index (χ4n) is 2.29. The van der Waals surface area contributed by atoms with Crippen LogP contribution >= 0.6 is 0 Å². The SMILES string of the molecule is CCCC[C@H](O)[C@@]1(C)OC(C(OC)OC)O[C@H]1CO. The highest BCUT2D eigenvalue weighted by molar-refractivity contribution is 4.96. The summed E-state index contributed by atoms with van der Waals surface area (Å²) in [5.74, 6) is 0. The van der Waals surface area contributed by atoms with Crippen molar-refractivity contribution in [3.63, 3.8) is 0 Å². The molecule has 2 N–H and O–H groups in total. The predicted octanol–water partition coefficient (Wildman–Crippen LogP) is 0.649. The first kappa shape index (κ1) is 16.8. The molecule has 19 heavy (non-hydrogen) atoms.